The minimum atomic E-state index is -0.645. The zero-order valence-electron chi connectivity index (χ0n) is 24.1. The normalized spacial score (nSPS) is 21.8. The van der Waals surface area contributed by atoms with Gasteiger partial charge in [-0.1, -0.05) is 0 Å². The van der Waals surface area contributed by atoms with Crippen molar-refractivity contribution in [3.8, 4) is 5.69 Å². The number of likely N-dealkylation sites (tertiary alicyclic amines) is 1. The van der Waals surface area contributed by atoms with Crippen molar-refractivity contribution in [2.75, 3.05) is 26.7 Å². The van der Waals surface area contributed by atoms with Crippen molar-refractivity contribution in [1.29, 1.82) is 0 Å². The first-order valence-electron chi connectivity index (χ1n) is 14.6. The number of aryl methyl sites for hydroxylation is 1. The third kappa shape index (κ3) is 5.78. The lowest BCUT2D eigenvalue weighted by Crippen LogP contribution is -2.33. The van der Waals surface area contributed by atoms with E-state index in [0.29, 0.717) is 23.1 Å². The van der Waals surface area contributed by atoms with Crippen LogP contribution in [0.15, 0.2) is 36.8 Å². The molecule has 0 unspecified atom stereocenters. The molecule has 5 rings (SSSR count). The number of amides is 1. The molecule has 0 bridgehead atoms. The largest absolute Gasteiger partial charge is 0.481 e. The summed E-state index contributed by atoms with van der Waals surface area (Å²) >= 11 is 0. The molecule has 1 aliphatic carbocycles. The van der Waals surface area contributed by atoms with E-state index in [2.05, 4.69) is 23.0 Å². The molecule has 0 spiro atoms. The Kier molecular flexibility index (Phi) is 8.26. The highest BCUT2D eigenvalue weighted by Gasteiger charge is 2.30. The second kappa shape index (κ2) is 11.7. The molecule has 40 heavy (non-hydrogen) atoms. The van der Waals surface area contributed by atoms with Gasteiger partial charge in [0, 0.05) is 44.0 Å². The Labute approximate surface area is 236 Å². The number of carbonyl (C=O) groups excluding carboxylic acids is 1. The molecule has 1 aromatic carbocycles. The molecule has 7 nitrogen and oxygen atoms in total. The quantitative estimate of drug-likeness (QED) is 0.390. The number of rotatable bonds is 8. The number of carboxylic acids is 1. The molecule has 1 N–H and O–H groups in total. The van der Waals surface area contributed by atoms with Gasteiger partial charge in [-0.25, -0.2) is 4.39 Å². The summed E-state index contributed by atoms with van der Waals surface area (Å²) in [6, 6.07) is 4.43. The predicted molar refractivity (Wildman–Crippen MR) is 154 cm³/mol. The zero-order chi connectivity index (χ0) is 28.6. The van der Waals surface area contributed by atoms with E-state index < -0.39 is 11.8 Å². The van der Waals surface area contributed by atoms with Crippen molar-refractivity contribution < 1.29 is 19.1 Å². The Morgan fingerprint density at radius 2 is 1.88 bits per heavy atom. The van der Waals surface area contributed by atoms with Gasteiger partial charge in [-0.15, -0.1) is 0 Å². The molecular weight excluding hydrogens is 507 g/mol. The molecule has 2 aromatic heterocycles. The van der Waals surface area contributed by atoms with Gasteiger partial charge in [0.25, 0.3) is 5.91 Å². The number of pyridine rings is 1. The Morgan fingerprint density at radius 3 is 2.58 bits per heavy atom. The first kappa shape index (κ1) is 28.3. The Morgan fingerprint density at radius 1 is 1.12 bits per heavy atom. The van der Waals surface area contributed by atoms with Crippen LogP contribution in [0.25, 0.3) is 16.6 Å². The van der Waals surface area contributed by atoms with Crippen LogP contribution in [0.2, 0.25) is 0 Å². The number of aromatic nitrogens is 2. The molecule has 1 aliphatic heterocycles. The van der Waals surface area contributed by atoms with Gasteiger partial charge >= 0.3 is 5.97 Å². The molecule has 2 aliphatic rings. The third-order valence-corrected chi connectivity index (χ3v) is 9.12. The van der Waals surface area contributed by atoms with Crippen LogP contribution in [-0.2, 0) is 11.2 Å². The summed E-state index contributed by atoms with van der Waals surface area (Å²) in [4.78, 5) is 33.3. The van der Waals surface area contributed by atoms with Gasteiger partial charge in [0.15, 0.2) is 0 Å². The highest BCUT2D eigenvalue weighted by atomic mass is 19.1. The lowest BCUT2D eigenvalue weighted by molar-refractivity contribution is -0.143. The number of carboxylic acid groups (broad SMARTS) is 1. The second-order valence-corrected chi connectivity index (χ2v) is 12.2. The van der Waals surface area contributed by atoms with Gasteiger partial charge in [0.2, 0.25) is 0 Å². The van der Waals surface area contributed by atoms with Gasteiger partial charge in [-0.3, -0.25) is 14.6 Å². The van der Waals surface area contributed by atoms with Crippen molar-refractivity contribution in [1.82, 2.24) is 19.4 Å². The summed E-state index contributed by atoms with van der Waals surface area (Å²) < 4.78 is 16.4. The van der Waals surface area contributed by atoms with E-state index in [1.807, 2.05) is 30.8 Å². The average molecular weight is 549 g/mol. The predicted octanol–water partition coefficient (Wildman–Crippen LogP) is 5.71. The maximum absolute atomic E-state index is 14.4. The molecular formula is C32H41FN4O3. The molecule has 1 atom stereocenters. The number of nitrogens with zero attached hydrogens (tertiary/aromatic N) is 4. The summed E-state index contributed by atoms with van der Waals surface area (Å²) in [5.41, 5.74) is 4.24. The van der Waals surface area contributed by atoms with E-state index in [4.69, 9.17) is 0 Å². The number of benzene rings is 1. The number of carbonyl (C=O) groups is 2. The van der Waals surface area contributed by atoms with E-state index in [1.54, 1.807) is 18.0 Å². The maximum Gasteiger partial charge on any atom is 0.306 e. The standard InChI is InChI=1S/C32H41FN4O3/c1-20(2)35(4)31(38)27-14-26(33)9-10-28(27)37-19-25(30-21(3)15-34-16-29(30)37)13-23-11-12-36(18-23)17-22-5-7-24(8-6-22)32(39)40/h9-10,14-16,19-20,22-24H,5-8,11-13,17-18H2,1-4H3,(H,39,40)/t22-,23-,24+/m0/s1. The van der Waals surface area contributed by atoms with Crippen molar-refractivity contribution in [3.63, 3.8) is 0 Å². The number of hydrogen-bond donors (Lipinski definition) is 1. The molecule has 3 heterocycles. The summed E-state index contributed by atoms with van der Waals surface area (Å²) in [6.07, 6.45) is 11.5. The summed E-state index contributed by atoms with van der Waals surface area (Å²) in [7, 11) is 1.75. The number of fused-ring (bicyclic) bond motifs is 1. The molecule has 1 amide bonds. The van der Waals surface area contributed by atoms with Crippen molar-refractivity contribution >= 4 is 22.8 Å². The first-order chi connectivity index (χ1) is 19.1. The van der Waals surface area contributed by atoms with Crippen LogP contribution in [-0.4, -0.2) is 69.1 Å². The average Bonchev–Trinajstić information content (AvgIpc) is 3.53. The van der Waals surface area contributed by atoms with Gasteiger partial charge in [0.05, 0.1) is 28.9 Å². The third-order valence-electron chi connectivity index (χ3n) is 9.12. The van der Waals surface area contributed by atoms with Crippen molar-refractivity contribution in [2.45, 2.75) is 65.3 Å². The number of halogens is 1. The molecule has 8 heteroatoms. The SMILES string of the molecule is Cc1cncc2c1c(C[C@@H]1CCN(C[C@H]3CC[C@@H](C(=O)O)CC3)C1)cn2-c1ccc(F)cc1C(=O)N(C)C(C)C. The van der Waals surface area contributed by atoms with Gasteiger partial charge in [0.1, 0.15) is 5.82 Å². The van der Waals surface area contributed by atoms with E-state index in [9.17, 15) is 19.1 Å². The highest BCUT2D eigenvalue weighted by Crippen LogP contribution is 2.34. The minimum absolute atomic E-state index is 0.0120. The van der Waals surface area contributed by atoms with E-state index in [0.717, 1.165) is 74.6 Å². The topological polar surface area (TPSA) is 78.7 Å². The molecule has 3 aromatic rings. The molecule has 0 radical (unpaired) electrons. The monoisotopic (exact) mass is 548 g/mol. The van der Waals surface area contributed by atoms with Crippen LogP contribution in [0.5, 0.6) is 0 Å². The summed E-state index contributed by atoms with van der Waals surface area (Å²) in [5, 5.41) is 10.5. The Bertz CT molecular complexity index is 1390. The summed E-state index contributed by atoms with van der Waals surface area (Å²) in [6.45, 7) is 9.12. The Hall–Kier alpha value is -3.26. The van der Waals surface area contributed by atoms with Crippen molar-refractivity contribution in [3.05, 3.63) is 59.3 Å². The smallest absolute Gasteiger partial charge is 0.306 e. The second-order valence-electron chi connectivity index (χ2n) is 12.2. The molecule has 2 fully saturated rings. The van der Waals surface area contributed by atoms with Crippen LogP contribution >= 0.6 is 0 Å². The molecule has 1 saturated carbocycles. The fraction of sp³-hybridized carbons (Fsp3) is 0.531. The van der Waals surface area contributed by atoms with Gasteiger partial charge in [-0.2, -0.15) is 0 Å². The van der Waals surface area contributed by atoms with Crippen LogP contribution in [0.4, 0.5) is 4.39 Å². The van der Waals surface area contributed by atoms with Crippen LogP contribution in [0.1, 0.15) is 67.4 Å². The lowest BCUT2D eigenvalue weighted by atomic mass is 9.82. The Balaban J connectivity index is 1.38. The number of hydrogen-bond acceptors (Lipinski definition) is 4. The van der Waals surface area contributed by atoms with Gasteiger partial charge < -0.3 is 19.5 Å². The first-order valence-corrected chi connectivity index (χ1v) is 14.6. The van der Waals surface area contributed by atoms with E-state index >= 15 is 0 Å². The molecule has 214 valence electrons. The highest BCUT2D eigenvalue weighted by molar-refractivity contribution is 5.99. The minimum Gasteiger partial charge on any atom is -0.481 e. The fourth-order valence-corrected chi connectivity index (χ4v) is 6.62. The fourth-order valence-electron chi connectivity index (χ4n) is 6.62. The molecule has 1 saturated heterocycles. The van der Waals surface area contributed by atoms with Crippen LogP contribution in [0, 0.1) is 30.5 Å². The van der Waals surface area contributed by atoms with Gasteiger partial charge in [-0.05, 0) is 107 Å². The maximum atomic E-state index is 14.4. The lowest BCUT2D eigenvalue weighted by Gasteiger charge is -2.29. The van der Waals surface area contributed by atoms with Crippen LogP contribution in [0.3, 0.4) is 0 Å². The van der Waals surface area contributed by atoms with E-state index in [1.165, 1.54) is 17.7 Å². The zero-order valence-corrected chi connectivity index (χ0v) is 24.1. The number of aliphatic carboxylic acids is 1. The summed E-state index contributed by atoms with van der Waals surface area (Å²) in [5.74, 6) is -0.352. The van der Waals surface area contributed by atoms with Crippen molar-refractivity contribution in [2.24, 2.45) is 17.8 Å². The van der Waals surface area contributed by atoms with Crippen LogP contribution < -0.4 is 0 Å². The van der Waals surface area contributed by atoms with E-state index in [-0.39, 0.29) is 17.9 Å².